The summed E-state index contributed by atoms with van der Waals surface area (Å²) in [7, 11) is 0. The maximum Gasteiger partial charge on any atom is 0.343 e. The lowest BCUT2D eigenvalue weighted by Crippen LogP contribution is -2.59. The predicted octanol–water partition coefficient (Wildman–Crippen LogP) is 15.7. The summed E-state index contributed by atoms with van der Waals surface area (Å²) in [5.74, 6) is 0. The molecule has 0 N–H and O–H groups in total. The van der Waals surface area contributed by atoms with E-state index in [0.717, 1.165) is 24.0 Å². The number of hydrogen-bond acceptors (Lipinski definition) is 3. The van der Waals surface area contributed by atoms with Crippen molar-refractivity contribution in [1.29, 1.82) is 0 Å². The molecule has 5 heteroatoms. The van der Waals surface area contributed by atoms with Crippen LogP contribution in [-0.2, 0) is 21.7 Å². The number of furan rings is 1. The predicted molar refractivity (Wildman–Crippen MR) is 281 cm³/mol. The van der Waals surface area contributed by atoms with Crippen LogP contribution in [0.1, 0.15) is 104 Å². The summed E-state index contributed by atoms with van der Waals surface area (Å²) >= 11 is 1.98. The maximum atomic E-state index is 7.36. The quantitative estimate of drug-likeness (QED) is 0.162. The first-order valence-electron chi connectivity index (χ1n) is 23.7. The third-order valence-electron chi connectivity index (χ3n) is 15.7. The van der Waals surface area contributed by atoms with Crippen molar-refractivity contribution in [1.82, 2.24) is 4.57 Å². The van der Waals surface area contributed by atoms with Gasteiger partial charge in [0.15, 0.2) is 0 Å². The van der Waals surface area contributed by atoms with Crippen LogP contribution in [0.3, 0.4) is 0 Å². The van der Waals surface area contributed by atoms with Crippen molar-refractivity contribution in [2.75, 3.05) is 4.81 Å². The summed E-state index contributed by atoms with van der Waals surface area (Å²) in [4.78, 5) is 2.74. The SMILES string of the molecule is CC(C)(C)c1ccc(N2B3c4sc5cc(-c6ccccc6)ccc5c4-n4c5ccc(C(C)(C)C)cc5c5c6c(oc7ccccc76)c(c3c54)-c3cc4c(cc32)C(C)(C)CCC4(C)C)cc1. The van der Waals surface area contributed by atoms with E-state index in [1.54, 1.807) is 0 Å². The minimum absolute atomic E-state index is 0.0254. The minimum atomic E-state index is -0.109. The average molecular weight is 863 g/mol. The molecule has 0 spiro atoms. The van der Waals surface area contributed by atoms with E-state index < -0.39 is 0 Å². The summed E-state index contributed by atoms with van der Waals surface area (Å²) in [5.41, 5.74) is 20.3. The van der Waals surface area contributed by atoms with E-state index in [-0.39, 0.29) is 28.5 Å². The van der Waals surface area contributed by atoms with Crippen LogP contribution in [0.2, 0.25) is 0 Å². The zero-order valence-electron chi connectivity index (χ0n) is 39.3. The lowest BCUT2D eigenvalue weighted by molar-refractivity contribution is 0.332. The summed E-state index contributed by atoms with van der Waals surface area (Å²) in [6.07, 6.45) is 2.31. The van der Waals surface area contributed by atoms with Crippen LogP contribution in [-0.4, -0.2) is 11.4 Å². The first kappa shape index (κ1) is 39.3. The molecule has 65 heavy (non-hydrogen) atoms. The molecule has 0 amide bonds. The molecule has 3 aromatic heterocycles. The molecule has 13 rings (SSSR count). The Labute approximate surface area is 386 Å². The molecule has 0 fully saturated rings. The van der Waals surface area contributed by atoms with Gasteiger partial charge in [0, 0.05) is 58.9 Å². The largest absolute Gasteiger partial charge is 0.455 e. The number of hydrogen-bond donors (Lipinski definition) is 0. The Morgan fingerprint density at radius 1 is 0.615 bits per heavy atom. The van der Waals surface area contributed by atoms with E-state index in [4.69, 9.17) is 4.42 Å². The second kappa shape index (κ2) is 12.9. The van der Waals surface area contributed by atoms with Gasteiger partial charge in [-0.15, -0.1) is 11.3 Å². The molecule has 7 aromatic carbocycles. The van der Waals surface area contributed by atoms with Gasteiger partial charge in [0.05, 0.1) is 16.7 Å². The maximum absolute atomic E-state index is 7.36. The van der Waals surface area contributed by atoms with Gasteiger partial charge in [-0.2, -0.15) is 0 Å². The van der Waals surface area contributed by atoms with Gasteiger partial charge in [-0.3, -0.25) is 0 Å². The smallest absolute Gasteiger partial charge is 0.343 e. The van der Waals surface area contributed by atoms with Gasteiger partial charge < -0.3 is 13.8 Å². The molecule has 1 aliphatic carbocycles. The highest BCUT2D eigenvalue weighted by Crippen LogP contribution is 2.56. The second-order valence-electron chi connectivity index (χ2n) is 22.8. The van der Waals surface area contributed by atoms with Gasteiger partial charge >= 0.3 is 6.85 Å². The normalized spacial score (nSPS) is 16.2. The highest BCUT2D eigenvalue weighted by Gasteiger charge is 2.49. The van der Waals surface area contributed by atoms with Crippen LogP contribution < -0.4 is 15.1 Å². The van der Waals surface area contributed by atoms with Crippen molar-refractivity contribution in [2.24, 2.45) is 0 Å². The fraction of sp³-hybridized carbons (Fsp3) is 0.267. The van der Waals surface area contributed by atoms with Crippen molar-refractivity contribution in [3.63, 3.8) is 0 Å². The van der Waals surface area contributed by atoms with Crippen LogP contribution in [0, 0.1) is 0 Å². The molecule has 2 aliphatic heterocycles. The Bertz CT molecular complexity index is 3680. The zero-order valence-corrected chi connectivity index (χ0v) is 40.1. The average Bonchev–Trinajstić information content (AvgIpc) is 3.96. The van der Waals surface area contributed by atoms with Crippen LogP contribution in [0.4, 0.5) is 11.4 Å². The zero-order chi connectivity index (χ0) is 44.7. The Morgan fingerprint density at radius 2 is 1.29 bits per heavy atom. The van der Waals surface area contributed by atoms with Gasteiger partial charge in [-0.25, -0.2) is 0 Å². The van der Waals surface area contributed by atoms with E-state index in [0.29, 0.717) is 0 Å². The van der Waals surface area contributed by atoms with Crippen LogP contribution in [0.25, 0.3) is 81.8 Å². The molecule has 0 bridgehead atoms. The highest BCUT2D eigenvalue weighted by atomic mass is 32.1. The molecular weight excluding hydrogens is 808 g/mol. The fourth-order valence-corrected chi connectivity index (χ4v) is 13.3. The van der Waals surface area contributed by atoms with Gasteiger partial charge in [0.1, 0.15) is 11.2 Å². The van der Waals surface area contributed by atoms with Crippen molar-refractivity contribution in [3.05, 3.63) is 150 Å². The lowest BCUT2D eigenvalue weighted by atomic mass is 9.46. The van der Waals surface area contributed by atoms with E-state index in [2.05, 4.69) is 206 Å². The van der Waals surface area contributed by atoms with Gasteiger partial charge in [-0.1, -0.05) is 148 Å². The summed E-state index contributed by atoms with van der Waals surface area (Å²) in [5, 5.41) is 6.29. The molecule has 10 aromatic rings. The standard InChI is InChI=1S/C60H55BN2OS/c1-57(2,3)36-21-24-38(25-22-36)63-46-33-44-43(59(7,8)28-29-60(44,9)10)32-42(46)51-52-54-49(50-39-18-14-15-19-47(39)64-55(50)51)41-31-37(58(4,5)6)23-27-45(41)62(54)53-40-26-20-35(34-16-12-11-13-17-34)30-48(40)65-56(53)61(52)63/h11-27,30-33H,28-29H2,1-10H3. The first-order chi connectivity index (χ1) is 31.0. The molecular formula is C60H55BN2OS. The number of para-hydroxylation sites is 1. The number of aromatic nitrogens is 1. The number of benzene rings is 7. The highest BCUT2D eigenvalue weighted by molar-refractivity contribution is 7.32. The molecule has 5 heterocycles. The molecule has 0 saturated heterocycles. The van der Waals surface area contributed by atoms with Gasteiger partial charge in [-0.05, 0) is 122 Å². The second-order valence-corrected chi connectivity index (χ2v) is 23.9. The third kappa shape index (κ3) is 5.36. The van der Waals surface area contributed by atoms with Crippen molar-refractivity contribution in [3.8, 4) is 27.9 Å². The third-order valence-corrected chi connectivity index (χ3v) is 16.9. The lowest BCUT2D eigenvalue weighted by Gasteiger charge is -2.46. The monoisotopic (exact) mass is 862 g/mol. The number of nitrogens with zero attached hydrogens (tertiary/aromatic N) is 2. The summed E-state index contributed by atoms with van der Waals surface area (Å²) < 4.78 is 12.7. The summed E-state index contributed by atoms with van der Waals surface area (Å²) in [6.45, 7) is 23.7. The van der Waals surface area contributed by atoms with Gasteiger partial charge in [0.25, 0.3) is 0 Å². The molecule has 0 unspecified atom stereocenters. The van der Waals surface area contributed by atoms with Crippen LogP contribution >= 0.6 is 11.3 Å². The molecule has 0 radical (unpaired) electrons. The Balaban J connectivity index is 1.26. The minimum Gasteiger partial charge on any atom is -0.455 e. The Hall–Kier alpha value is -6.04. The molecule has 3 aliphatic rings. The summed E-state index contributed by atoms with van der Waals surface area (Å²) in [6, 6.07) is 48.9. The Morgan fingerprint density at radius 3 is 2.02 bits per heavy atom. The number of anilines is 2. The number of rotatable bonds is 2. The van der Waals surface area contributed by atoms with Crippen molar-refractivity contribution >= 4 is 93.6 Å². The van der Waals surface area contributed by atoms with Crippen LogP contribution in [0.5, 0.6) is 0 Å². The van der Waals surface area contributed by atoms with Crippen LogP contribution in [0.15, 0.2) is 132 Å². The van der Waals surface area contributed by atoms with E-state index >= 15 is 0 Å². The molecule has 320 valence electrons. The number of thiophene rings is 1. The molecule has 0 saturated carbocycles. The van der Waals surface area contributed by atoms with Crippen molar-refractivity contribution < 1.29 is 4.42 Å². The first-order valence-corrected chi connectivity index (χ1v) is 24.5. The fourth-order valence-electron chi connectivity index (χ4n) is 12.0. The van der Waals surface area contributed by atoms with Crippen molar-refractivity contribution in [2.45, 2.75) is 104 Å². The molecule has 0 atom stereocenters. The van der Waals surface area contributed by atoms with E-state index in [1.165, 1.54) is 114 Å². The van der Waals surface area contributed by atoms with E-state index in [1.807, 2.05) is 11.3 Å². The van der Waals surface area contributed by atoms with E-state index in [9.17, 15) is 0 Å². The van der Waals surface area contributed by atoms with Gasteiger partial charge in [0.2, 0.25) is 0 Å². The number of fused-ring (bicyclic) bond motifs is 16. The molecule has 3 nitrogen and oxygen atoms in total. The Kier molecular flexibility index (Phi) is 7.78. The topological polar surface area (TPSA) is 21.3 Å².